The van der Waals surface area contributed by atoms with Crippen LogP contribution in [-0.4, -0.2) is 58.6 Å². The van der Waals surface area contributed by atoms with Gasteiger partial charge in [-0.05, 0) is 50.3 Å². The van der Waals surface area contributed by atoms with Crippen LogP contribution >= 0.6 is 0 Å². The molecular formula is C28H35N3O4. The minimum absolute atomic E-state index is 0.0245. The maximum absolute atomic E-state index is 13.3. The third kappa shape index (κ3) is 6.35. The second kappa shape index (κ2) is 12.3. The van der Waals surface area contributed by atoms with Crippen molar-refractivity contribution in [1.82, 2.24) is 15.1 Å². The van der Waals surface area contributed by atoms with E-state index in [-0.39, 0.29) is 42.6 Å². The van der Waals surface area contributed by atoms with Gasteiger partial charge in [-0.2, -0.15) is 0 Å². The zero-order valence-corrected chi connectivity index (χ0v) is 20.8. The van der Waals surface area contributed by atoms with Gasteiger partial charge in [0.1, 0.15) is 6.04 Å². The Hall–Kier alpha value is -3.48. The molecule has 0 unspecified atom stereocenters. The van der Waals surface area contributed by atoms with E-state index in [0.29, 0.717) is 36.9 Å². The van der Waals surface area contributed by atoms with E-state index in [2.05, 4.69) is 5.32 Å². The van der Waals surface area contributed by atoms with Crippen LogP contribution in [0.3, 0.4) is 0 Å². The molecule has 3 rings (SSSR count). The average Bonchev–Trinajstić information content (AvgIpc) is 3.11. The molecule has 0 radical (unpaired) electrons. The second-order valence-corrected chi connectivity index (χ2v) is 8.98. The monoisotopic (exact) mass is 477 g/mol. The lowest BCUT2D eigenvalue weighted by Crippen LogP contribution is -2.51. The minimum atomic E-state index is -0.570. The Labute approximate surface area is 207 Å². The number of carbonyl (C=O) groups excluding carboxylic acids is 4. The van der Waals surface area contributed by atoms with Crippen LogP contribution in [0.2, 0.25) is 0 Å². The molecule has 1 aliphatic rings. The molecule has 1 aliphatic heterocycles. The van der Waals surface area contributed by atoms with E-state index in [4.69, 9.17) is 0 Å². The van der Waals surface area contributed by atoms with Gasteiger partial charge in [-0.1, -0.05) is 56.3 Å². The lowest BCUT2D eigenvalue weighted by molar-refractivity contribution is -0.141. The highest BCUT2D eigenvalue weighted by Crippen LogP contribution is 2.23. The molecule has 35 heavy (non-hydrogen) atoms. The number of nitrogens with zero attached hydrogens (tertiary/aromatic N) is 2. The van der Waals surface area contributed by atoms with Crippen LogP contribution in [0.4, 0.5) is 0 Å². The standard InChI is InChI=1S/C28H35N3O4/c1-4-20(3)29-26(33)24(5-2)30(19-17-21-12-7-6-8-13-21)25(32)16-11-18-31-27(34)22-14-9-10-15-23(22)28(31)35/h6-10,12-15,20,24H,4-5,11,16-19H2,1-3H3,(H,29,33)/t20-,24-/m0/s1. The summed E-state index contributed by atoms with van der Waals surface area (Å²) < 4.78 is 0. The van der Waals surface area contributed by atoms with E-state index in [1.165, 1.54) is 4.90 Å². The molecule has 0 saturated heterocycles. The number of rotatable bonds is 12. The molecule has 7 heteroatoms. The molecule has 2 aromatic carbocycles. The Kier molecular flexibility index (Phi) is 9.18. The summed E-state index contributed by atoms with van der Waals surface area (Å²) in [4.78, 5) is 54.4. The van der Waals surface area contributed by atoms with Gasteiger partial charge in [-0.25, -0.2) is 0 Å². The number of hydrogen-bond acceptors (Lipinski definition) is 4. The van der Waals surface area contributed by atoms with Crippen molar-refractivity contribution in [1.29, 1.82) is 0 Å². The fraction of sp³-hybridized carbons (Fsp3) is 0.429. The quantitative estimate of drug-likeness (QED) is 0.471. The Balaban J connectivity index is 1.66. The highest BCUT2D eigenvalue weighted by molar-refractivity contribution is 6.21. The topological polar surface area (TPSA) is 86.8 Å². The van der Waals surface area contributed by atoms with Crippen LogP contribution in [0.25, 0.3) is 0 Å². The summed E-state index contributed by atoms with van der Waals surface area (Å²) in [5, 5.41) is 3.01. The van der Waals surface area contributed by atoms with Crippen molar-refractivity contribution in [2.24, 2.45) is 0 Å². The van der Waals surface area contributed by atoms with Gasteiger partial charge >= 0.3 is 0 Å². The number of amides is 4. The average molecular weight is 478 g/mol. The zero-order chi connectivity index (χ0) is 25.4. The van der Waals surface area contributed by atoms with Crippen LogP contribution in [0.5, 0.6) is 0 Å². The van der Waals surface area contributed by atoms with E-state index in [1.807, 2.05) is 51.1 Å². The molecule has 2 atom stereocenters. The number of hydrogen-bond donors (Lipinski definition) is 1. The Morgan fingerprint density at radius 2 is 1.51 bits per heavy atom. The number of benzene rings is 2. The zero-order valence-electron chi connectivity index (χ0n) is 20.8. The summed E-state index contributed by atoms with van der Waals surface area (Å²) in [6, 6.07) is 16.1. The van der Waals surface area contributed by atoms with Gasteiger partial charge in [-0.3, -0.25) is 24.1 Å². The van der Waals surface area contributed by atoms with E-state index < -0.39 is 6.04 Å². The van der Waals surface area contributed by atoms with Gasteiger partial charge < -0.3 is 10.2 Å². The minimum Gasteiger partial charge on any atom is -0.352 e. The summed E-state index contributed by atoms with van der Waals surface area (Å²) in [5.74, 6) is -0.941. The third-order valence-electron chi connectivity index (χ3n) is 6.52. The van der Waals surface area contributed by atoms with Crippen LogP contribution in [0, 0.1) is 0 Å². The third-order valence-corrected chi connectivity index (χ3v) is 6.52. The first-order valence-electron chi connectivity index (χ1n) is 12.5. The number of nitrogens with one attached hydrogen (secondary N) is 1. The molecule has 4 amide bonds. The number of imide groups is 1. The molecule has 0 bridgehead atoms. The fourth-order valence-corrected chi connectivity index (χ4v) is 4.31. The van der Waals surface area contributed by atoms with Crippen molar-refractivity contribution in [2.45, 2.75) is 65.0 Å². The Morgan fingerprint density at radius 3 is 2.09 bits per heavy atom. The van der Waals surface area contributed by atoms with E-state index in [0.717, 1.165) is 12.0 Å². The molecule has 7 nitrogen and oxygen atoms in total. The largest absolute Gasteiger partial charge is 0.352 e. The van der Waals surface area contributed by atoms with Gasteiger partial charge in [0.2, 0.25) is 11.8 Å². The van der Waals surface area contributed by atoms with Crippen molar-refractivity contribution < 1.29 is 19.2 Å². The van der Waals surface area contributed by atoms with Crippen LogP contribution in [-0.2, 0) is 16.0 Å². The molecule has 1 heterocycles. The van der Waals surface area contributed by atoms with Gasteiger partial charge in [0.05, 0.1) is 11.1 Å². The van der Waals surface area contributed by atoms with Gasteiger partial charge in [0.25, 0.3) is 11.8 Å². The SMILES string of the molecule is CC[C@H](C)NC(=O)[C@H](CC)N(CCc1ccccc1)C(=O)CCCN1C(=O)c2ccccc2C1=O. The molecule has 0 aromatic heterocycles. The normalized spacial score (nSPS) is 14.4. The van der Waals surface area contributed by atoms with Gasteiger partial charge in [0.15, 0.2) is 0 Å². The fourth-order valence-electron chi connectivity index (χ4n) is 4.31. The summed E-state index contributed by atoms with van der Waals surface area (Å²) in [7, 11) is 0. The highest BCUT2D eigenvalue weighted by Gasteiger charge is 2.35. The van der Waals surface area contributed by atoms with Gasteiger partial charge in [0, 0.05) is 25.6 Å². The molecule has 1 N–H and O–H groups in total. The van der Waals surface area contributed by atoms with Crippen molar-refractivity contribution in [3.63, 3.8) is 0 Å². The lowest BCUT2D eigenvalue weighted by Gasteiger charge is -2.31. The summed E-state index contributed by atoms with van der Waals surface area (Å²) in [6.45, 7) is 6.44. The number of carbonyl (C=O) groups is 4. The predicted molar refractivity (Wildman–Crippen MR) is 135 cm³/mol. The Morgan fingerprint density at radius 1 is 0.914 bits per heavy atom. The Bertz CT molecular complexity index is 1020. The van der Waals surface area contributed by atoms with Crippen molar-refractivity contribution >= 4 is 23.6 Å². The van der Waals surface area contributed by atoms with Crippen molar-refractivity contribution in [3.8, 4) is 0 Å². The molecule has 0 saturated carbocycles. The number of fused-ring (bicyclic) bond motifs is 1. The van der Waals surface area contributed by atoms with E-state index in [1.54, 1.807) is 29.2 Å². The van der Waals surface area contributed by atoms with Crippen LogP contribution in [0.1, 0.15) is 72.7 Å². The first-order chi connectivity index (χ1) is 16.9. The van der Waals surface area contributed by atoms with Crippen LogP contribution < -0.4 is 5.32 Å². The smallest absolute Gasteiger partial charge is 0.261 e. The predicted octanol–water partition coefficient (Wildman–Crippen LogP) is 3.83. The molecule has 0 spiro atoms. The maximum Gasteiger partial charge on any atom is 0.261 e. The summed E-state index contributed by atoms with van der Waals surface area (Å²) >= 11 is 0. The summed E-state index contributed by atoms with van der Waals surface area (Å²) in [6.07, 6.45) is 2.44. The first-order valence-corrected chi connectivity index (χ1v) is 12.5. The van der Waals surface area contributed by atoms with Crippen molar-refractivity contribution in [3.05, 3.63) is 71.3 Å². The molecule has 186 valence electrons. The van der Waals surface area contributed by atoms with Crippen molar-refractivity contribution in [2.75, 3.05) is 13.1 Å². The molecule has 0 fully saturated rings. The maximum atomic E-state index is 13.3. The van der Waals surface area contributed by atoms with Gasteiger partial charge in [-0.15, -0.1) is 0 Å². The summed E-state index contributed by atoms with van der Waals surface area (Å²) in [5.41, 5.74) is 1.90. The van der Waals surface area contributed by atoms with E-state index in [9.17, 15) is 19.2 Å². The lowest BCUT2D eigenvalue weighted by atomic mass is 10.1. The van der Waals surface area contributed by atoms with Crippen LogP contribution in [0.15, 0.2) is 54.6 Å². The molecule has 0 aliphatic carbocycles. The second-order valence-electron chi connectivity index (χ2n) is 8.98. The first kappa shape index (κ1) is 26.1. The van der Waals surface area contributed by atoms with E-state index >= 15 is 0 Å². The molecule has 2 aromatic rings. The highest BCUT2D eigenvalue weighted by atomic mass is 16.2. The molecular weight excluding hydrogens is 442 g/mol.